The van der Waals surface area contributed by atoms with E-state index in [4.69, 9.17) is 14.2 Å². The molecule has 2 aromatic heterocycles. The van der Waals surface area contributed by atoms with Crippen molar-refractivity contribution in [1.82, 2.24) is 15.0 Å². The first-order valence-corrected chi connectivity index (χ1v) is 13.4. The maximum atomic E-state index is 12.4. The van der Waals surface area contributed by atoms with E-state index in [1.807, 2.05) is 6.07 Å². The minimum atomic E-state index is -4.48. The predicted molar refractivity (Wildman–Crippen MR) is 140 cm³/mol. The Kier molecular flexibility index (Phi) is 8.46. The Bertz CT molecular complexity index is 1360. The number of alkyl halides is 3. The van der Waals surface area contributed by atoms with Gasteiger partial charge in [-0.2, -0.15) is 13.2 Å². The van der Waals surface area contributed by atoms with Crippen LogP contribution < -0.4 is 18.9 Å². The van der Waals surface area contributed by atoms with Crippen molar-refractivity contribution in [3.8, 4) is 34.5 Å². The second-order valence-corrected chi connectivity index (χ2v) is 10.2. The van der Waals surface area contributed by atoms with Gasteiger partial charge in [-0.05, 0) is 67.7 Å². The molecule has 1 N–H and O–H groups in total. The van der Waals surface area contributed by atoms with Gasteiger partial charge in [0.25, 0.3) is 0 Å². The van der Waals surface area contributed by atoms with Crippen molar-refractivity contribution in [1.29, 1.82) is 0 Å². The molecule has 0 aliphatic heterocycles. The number of carboxylic acids is 1. The SMILES string of the molecule is COc1ccc(-c2cnc(OCC(F)(F)F)nc2)c(O[C@H]2CC[C@H](Oc3cc4c(cn3)CCC4CC(=O)O)CC2)c1. The molecule has 3 aromatic rings. The van der Waals surface area contributed by atoms with Crippen LogP contribution in [0, 0.1) is 0 Å². The average Bonchev–Trinajstić information content (AvgIpc) is 3.34. The third-order valence-corrected chi connectivity index (χ3v) is 7.32. The van der Waals surface area contributed by atoms with Crippen LogP contribution in [0.1, 0.15) is 55.6 Å². The summed E-state index contributed by atoms with van der Waals surface area (Å²) >= 11 is 0. The van der Waals surface area contributed by atoms with E-state index in [0.29, 0.717) is 28.5 Å². The number of aliphatic carboxylic acids is 1. The molecule has 2 heterocycles. The maximum Gasteiger partial charge on any atom is 0.422 e. The summed E-state index contributed by atoms with van der Waals surface area (Å²) in [5.74, 6) is 0.840. The van der Waals surface area contributed by atoms with E-state index >= 15 is 0 Å². The van der Waals surface area contributed by atoms with Gasteiger partial charge in [0.1, 0.15) is 17.6 Å². The molecule has 1 fully saturated rings. The zero-order chi connectivity index (χ0) is 29.0. The van der Waals surface area contributed by atoms with E-state index in [1.54, 1.807) is 31.5 Å². The van der Waals surface area contributed by atoms with Crippen molar-refractivity contribution in [3.63, 3.8) is 0 Å². The summed E-state index contributed by atoms with van der Waals surface area (Å²) in [7, 11) is 1.55. The number of fused-ring (bicyclic) bond motifs is 1. The standard InChI is InChI=1S/C29H30F3N3O6/c1-38-22-8-9-23(19-14-34-28(35-15-19)39-16-29(30,31)32)25(11-22)40-20-4-6-21(7-5-20)41-26-12-24-17(10-27(36)37)2-3-18(24)13-33-26/h8-9,11-15,17,20-21H,2-7,10,16H2,1H3,(H,36,37)/t17?,20-,21-. The topological polar surface area (TPSA) is 113 Å². The molecule has 0 radical (unpaired) electrons. The van der Waals surface area contributed by atoms with Crippen LogP contribution in [-0.4, -0.2) is 58.1 Å². The van der Waals surface area contributed by atoms with Crippen LogP contribution in [0.2, 0.25) is 0 Å². The molecule has 1 atom stereocenters. The number of pyridine rings is 1. The summed E-state index contributed by atoms with van der Waals surface area (Å²) in [6.45, 7) is -1.47. The molecule has 2 aliphatic rings. The van der Waals surface area contributed by atoms with Gasteiger partial charge < -0.3 is 24.1 Å². The van der Waals surface area contributed by atoms with Gasteiger partial charge in [-0.1, -0.05) is 0 Å². The van der Waals surface area contributed by atoms with Crippen LogP contribution in [-0.2, 0) is 11.2 Å². The van der Waals surface area contributed by atoms with Crippen LogP contribution in [0.25, 0.3) is 11.1 Å². The summed E-state index contributed by atoms with van der Waals surface area (Å²) in [5.41, 5.74) is 3.33. The molecule has 0 spiro atoms. The third-order valence-electron chi connectivity index (χ3n) is 7.32. The van der Waals surface area contributed by atoms with Gasteiger partial charge in [-0.3, -0.25) is 4.79 Å². The van der Waals surface area contributed by atoms with Crippen molar-refractivity contribution >= 4 is 5.97 Å². The number of aryl methyl sites for hydroxylation is 1. The summed E-state index contributed by atoms with van der Waals surface area (Å²) < 4.78 is 59.8. The molecule has 5 rings (SSSR count). The zero-order valence-corrected chi connectivity index (χ0v) is 22.4. The lowest BCUT2D eigenvalue weighted by Crippen LogP contribution is -2.30. The number of hydrogen-bond donors (Lipinski definition) is 1. The molecule has 41 heavy (non-hydrogen) atoms. The molecule has 9 nitrogen and oxygen atoms in total. The molecular formula is C29H30F3N3O6. The monoisotopic (exact) mass is 573 g/mol. The molecule has 1 saturated carbocycles. The van der Waals surface area contributed by atoms with Gasteiger partial charge in [-0.25, -0.2) is 15.0 Å². The lowest BCUT2D eigenvalue weighted by atomic mass is 9.94. The number of carboxylic acid groups (broad SMARTS) is 1. The Morgan fingerprint density at radius 3 is 2.34 bits per heavy atom. The van der Waals surface area contributed by atoms with Crippen molar-refractivity contribution in [2.45, 2.75) is 69.2 Å². The first-order valence-electron chi connectivity index (χ1n) is 13.4. The number of nitrogens with zero attached hydrogens (tertiary/aromatic N) is 3. The maximum absolute atomic E-state index is 12.4. The molecule has 2 aliphatic carbocycles. The number of methoxy groups -OCH3 is 1. The molecule has 0 amide bonds. The smallest absolute Gasteiger partial charge is 0.422 e. The second-order valence-electron chi connectivity index (χ2n) is 10.2. The number of benzene rings is 1. The van der Waals surface area contributed by atoms with Crippen LogP contribution >= 0.6 is 0 Å². The average molecular weight is 574 g/mol. The summed E-state index contributed by atoms with van der Waals surface area (Å²) in [5, 5.41) is 9.22. The van der Waals surface area contributed by atoms with Crippen LogP contribution in [0.15, 0.2) is 42.9 Å². The molecule has 218 valence electrons. The molecule has 1 aromatic carbocycles. The third kappa shape index (κ3) is 7.36. The first kappa shape index (κ1) is 28.4. The highest BCUT2D eigenvalue weighted by molar-refractivity contribution is 5.70. The van der Waals surface area contributed by atoms with E-state index in [1.165, 1.54) is 12.4 Å². The first-order chi connectivity index (χ1) is 19.7. The fourth-order valence-corrected chi connectivity index (χ4v) is 5.30. The van der Waals surface area contributed by atoms with Gasteiger partial charge >= 0.3 is 18.2 Å². The molecular weight excluding hydrogens is 543 g/mol. The lowest BCUT2D eigenvalue weighted by molar-refractivity contribution is -0.154. The van der Waals surface area contributed by atoms with Gasteiger partial charge in [0.2, 0.25) is 5.88 Å². The molecule has 12 heteroatoms. The van der Waals surface area contributed by atoms with Crippen LogP contribution in [0.4, 0.5) is 13.2 Å². The van der Waals surface area contributed by atoms with Crippen molar-refractivity contribution in [2.75, 3.05) is 13.7 Å². The van der Waals surface area contributed by atoms with Gasteiger partial charge in [0.05, 0.1) is 19.6 Å². The molecule has 0 saturated heterocycles. The number of ether oxygens (including phenoxy) is 4. The van der Waals surface area contributed by atoms with Crippen molar-refractivity contribution < 1.29 is 42.0 Å². The van der Waals surface area contributed by atoms with E-state index in [0.717, 1.165) is 49.7 Å². The Hall–Kier alpha value is -4.09. The minimum Gasteiger partial charge on any atom is -0.497 e. The predicted octanol–water partition coefficient (Wildman–Crippen LogP) is 5.76. The largest absolute Gasteiger partial charge is 0.497 e. The summed E-state index contributed by atoms with van der Waals surface area (Å²) in [6.07, 6.45) is 4.66. The highest BCUT2D eigenvalue weighted by Crippen LogP contribution is 2.38. The number of halogens is 3. The summed E-state index contributed by atoms with van der Waals surface area (Å²) in [6, 6.07) is 6.83. The van der Waals surface area contributed by atoms with Gasteiger partial charge in [-0.15, -0.1) is 0 Å². The summed E-state index contributed by atoms with van der Waals surface area (Å²) in [4.78, 5) is 23.5. The quantitative estimate of drug-likeness (QED) is 0.323. The Morgan fingerprint density at radius 2 is 1.68 bits per heavy atom. The lowest BCUT2D eigenvalue weighted by Gasteiger charge is -2.30. The van der Waals surface area contributed by atoms with E-state index in [9.17, 15) is 23.1 Å². The fraction of sp³-hybridized carbons (Fsp3) is 0.448. The Labute approximate surface area is 234 Å². The second kappa shape index (κ2) is 12.2. The fourth-order valence-electron chi connectivity index (χ4n) is 5.30. The molecule has 0 bridgehead atoms. The Balaban J connectivity index is 1.21. The van der Waals surface area contributed by atoms with Gasteiger partial charge in [0.15, 0.2) is 6.61 Å². The zero-order valence-electron chi connectivity index (χ0n) is 22.4. The number of hydrogen-bond acceptors (Lipinski definition) is 8. The highest BCUT2D eigenvalue weighted by atomic mass is 19.4. The number of carbonyl (C=O) groups is 1. The van der Waals surface area contributed by atoms with Gasteiger partial charge in [0, 0.05) is 41.9 Å². The van der Waals surface area contributed by atoms with Crippen molar-refractivity contribution in [2.24, 2.45) is 0 Å². The Morgan fingerprint density at radius 1 is 0.976 bits per heavy atom. The highest BCUT2D eigenvalue weighted by Gasteiger charge is 2.30. The van der Waals surface area contributed by atoms with Crippen LogP contribution in [0.3, 0.4) is 0 Å². The number of rotatable bonds is 10. The van der Waals surface area contributed by atoms with E-state index in [-0.39, 0.29) is 30.6 Å². The van der Waals surface area contributed by atoms with Crippen molar-refractivity contribution in [3.05, 3.63) is 54.0 Å². The minimum absolute atomic E-state index is 0.0111. The van der Waals surface area contributed by atoms with E-state index < -0.39 is 18.8 Å². The number of aromatic nitrogens is 3. The normalized spacial score (nSPS) is 20.2. The molecule has 1 unspecified atom stereocenters. The van der Waals surface area contributed by atoms with E-state index in [2.05, 4.69) is 19.7 Å². The van der Waals surface area contributed by atoms with Crippen LogP contribution in [0.5, 0.6) is 23.4 Å².